The fourth-order valence-corrected chi connectivity index (χ4v) is 4.57. The summed E-state index contributed by atoms with van der Waals surface area (Å²) in [6.07, 6.45) is 7.36. The third-order valence-corrected chi connectivity index (χ3v) is 6.28. The number of hydrogen-bond donors (Lipinski definition) is 1. The maximum atomic E-state index is 13.0. The molecular formula is C22H29N3O2. The smallest absolute Gasteiger partial charge is 0.270 e. The Kier molecular flexibility index (Phi) is 5.19. The first-order valence-electron chi connectivity index (χ1n) is 10.3. The Labute approximate surface area is 160 Å². The molecule has 0 bridgehead atoms. The van der Waals surface area contributed by atoms with E-state index in [4.69, 9.17) is 0 Å². The highest BCUT2D eigenvalue weighted by molar-refractivity contribution is 5.98. The molecule has 2 heterocycles. The first-order valence-corrected chi connectivity index (χ1v) is 10.3. The average molecular weight is 367 g/mol. The molecule has 27 heavy (non-hydrogen) atoms. The van der Waals surface area contributed by atoms with Gasteiger partial charge >= 0.3 is 0 Å². The fourth-order valence-electron chi connectivity index (χ4n) is 4.57. The van der Waals surface area contributed by atoms with Gasteiger partial charge in [0.1, 0.15) is 5.69 Å². The van der Waals surface area contributed by atoms with Crippen molar-refractivity contribution in [2.75, 3.05) is 13.1 Å². The third kappa shape index (κ3) is 3.73. The van der Waals surface area contributed by atoms with Crippen LogP contribution in [-0.4, -0.2) is 40.4 Å². The quantitative estimate of drug-likeness (QED) is 0.903. The maximum Gasteiger partial charge on any atom is 0.270 e. The number of likely N-dealkylation sites (tertiary alicyclic amines) is 1. The van der Waals surface area contributed by atoms with Crippen LogP contribution >= 0.6 is 0 Å². The first-order chi connectivity index (χ1) is 13.1. The van der Waals surface area contributed by atoms with E-state index in [1.54, 1.807) is 0 Å². The minimum absolute atomic E-state index is 0.0887. The summed E-state index contributed by atoms with van der Waals surface area (Å²) in [6.45, 7) is 1.41. The molecule has 1 aliphatic heterocycles. The average Bonchev–Trinajstić information content (AvgIpc) is 3.05. The normalized spacial score (nSPS) is 19.4. The summed E-state index contributed by atoms with van der Waals surface area (Å²) < 4.78 is 1.98. The number of nitrogens with zero attached hydrogens (tertiary/aromatic N) is 2. The molecule has 2 aromatic rings. The van der Waals surface area contributed by atoms with E-state index < -0.39 is 0 Å². The van der Waals surface area contributed by atoms with Crippen molar-refractivity contribution in [2.24, 2.45) is 13.0 Å². The monoisotopic (exact) mass is 367 g/mol. The molecule has 0 radical (unpaired) electrons. The lowest BCUT2D eigenvalue weighted by Gasteiger charge is -2.33. The van der Waals surface area contributed by atoms with Gasteiger partial charge in [-0.1, -0.05) is 37.5 Å². The second-order valence-electron chi connectivity index (χ2n) is 8.06. The van der Waals surface area contributed by atoms with Crippen LogP contribution in [0.4, 0.5) is 0 Å². The highest BCUT2D eigenvalue weighted by Gasteiger charge is 2.28. The Morgan fingerprint density at radius 2 is 1.70 bits per heavy atom. The largest absolute Gasteiger partial charge is 0.353 e. The highest BCUT2D eigenvalue weighted by Crippen LogP contribution is 2.25. The minimum Gasteiger partial charge on any atom is -0.353 e. The van der Waals surface area contributed by atoms with Gasteiger partial charge in [-0.25, -0.2) is 0 Å². The number of piperidine rings is 1. The van der Waals surface area contributed by atoms with E-state index >= 15 is 0 Å². The van der Waals surface area contributed by atoms with E-state index in [1.807, 2.05) is 46.8 Å². The first kappa shape index (κ1) is 18.1. The molecule has 2 aliphatic rings. The molecule has 5 nitrogen and oxygen atoms in total. The molecular weight excluding hydrogens is 338 g/mol. The van der Waals surface area contributed by atoms with Crippen LogP contribution in [0.1, 0.15) is 55.4 Å². The van der Waals surface area contributed by atoms with Crippen molar-refractivity contribution in [1.29, 1.82) is 0 Å². The number of rotatable bonds is 3. The topological polar surface area (TPSA) is 54.3 Å². The Morgan fingerprint density at radius 1 is 1.00 bits per heavy atom. The summed E-state index contributed by atoms with van der Waals surface area (Å²) in [5.74, 6) is 0.521. The van der Waals surface area contributed by atoms with Crippen molar-refractivity contribution in [3.63, 3.8) is 0 Å². The van der Waals surface area contributed by atoms with Gasteiger partial charge in [-0.3, -0.25) is 9.59 Å². The lowest BCUT2D eigenvalue weighted by atomic mass is 9.88. The molecule has 1 aliphatic carbocycles. The number of carbonyl (C=O) groups excluding carboxylic acids is 2. The molecule has 0 spiro atoms. The second-order valence-corrected chi connectivity index (χ2v) is 8.06. The summed E-state index contributed by atoms with van der Waals surface area (Å²) in [6, 6.07) is 10.3. The van der Waals surface area contributed by atoms with E-state index in [0.29, 0.717) is 13.1 Å². The van der Waals surface area contributed by atoms with Crippen molar-refractivity contribution in [1.82, 2.24) is 14.8 Å². The maximum absolute atomic E-state index is 13.0. The van der Waals surface area contributed by atoms with E-state index in [0.717, 1.165) is 42.3 Å². The van der Waals surface area contributed by atoms with Crippen molar-refractivity contribution in [2.45, 2.75) is 51.0 Å². The van der Waals surface area contributed by atoms with Crippen LogP contribution in [0, 0.1) is 5.92 Å². The molecule has 1 saturated carbocycles. The number of carbonyl (C=O) groups is 2. The van der Waals surface area contributed by atoms with Crippen LogP contribution in [0.5, 0.6) is 0 Å². The zero-order valence-electron chi connectivity index (χ0n) is 16.1. The van der Waals surface area contributed by atoms with Crippen molar-refractivity contribution in [3.8, 4) is 0 Å². The fraction of sp³-hybridized carbons (Fsp3) is 0.545. The number of para-hydroxylation sites is 1. The number of aryl methyl sites for hydroxylation is 1. The summed E-state index contributed by atoms with van der Waals surface area (Å²) in [7, 11) is 1.95. The molecule has 5 heteroatoms. The van der Waals surface area contributed by atoms with Gasteiger partial charge in [0.2, 0.25) is 5.91 Å². The van der Waals surface area contributed by atoms with Crippen LogP contribution in [0.25, 0.3) is 10.9 Å². The van der Waals surface area contributed by atoms with E-state index in [9.17, 15) is 9.59 Å². The molecule has 1 aromatic heterocycles. The minimum atomic E-state index is 0.0887. The lowest BCUT2D eigenvalue weighted by molar-refractivity contribution is -0.126. The molecule has 1 N–H and O–H groups in total. The summed E-state index contributed by atoms with van der Waals surface area (Å²) in [5, 5.41) is 4.33. The van der Waals surface area contributed by atoms with Gasteiger partial charge in [0, 0.05) is 43.0 Å². The Morgan fingerprint density at radius 3 is 2.41 bits per heavy atom. The van der Waals surface area contributed by atoms with E-state index in [-0.39, 0.29) is 23.8 Å². The highest BCUT2D eigenvalue weighted by atomic mass is 16.2. The van der Waals surface area contributed by atoms with Gasteiger partial charge in [0.25, 0.3) is 5.91 Å². The predicted molar refractivity (Wildman–Crippen MR) is 107 cm³/mol. The van der Waals surface area contributed by atoms with Gasteiger partial charge in [-0.15, -0.1) is 0 Å². The molecule has 2 fully saturated rings. The molecule has 0 unspecified atom stereocenters. The van der Waals surface area contributed by atoms with Crippen LogP contribution in [0.15, 0.2) is 30.3 Å². The van der Waals surface area contributed by atoms with E-state index in [1.165, 1.54) is 19.3 Å². The Hall–Kier alpha value is -2.30. The van der Waals surface area contributed by atoms with Crippen molar-refractivity contribution >= 4 is 22.7 Å². The zero-order chi connectivity index (χ0) is 18.8. The number of nitrogens with one attached hydrogen (secondary N) is 1. The van der Waals surface area contributed by atoms with Gasteiger partial charge in [0.05, 0.1) is 0 Å². The number of fused-ring (bicyclic) bond motifs is 1. The van der Waals surface area contributed by atoms with Gasteiger partial charge in [0.15, 0.2) is 0 Å². The number of aromatic nitrogens is 1. The molecule has 144 valence electrons. The lowest BCUT2D eigenvalue weighted by Crippen LogP contribution is -2.48. The summed E-state index contributed by atoms with van der Waals surface area (Å²) in [5.41, 5.74) is 1.82. The summed E-state index contributed by atoms with van der Waals surface area (Å²) >= 11 is 0. The molecule has 0 atom stereocenters. The standard InChI is InChI=1S/C22H29N3O2/c1-24-19-10-6-5-9-17(19)15-20(24)22(27)25-13-11-18(12-14-25)23-21(26)16-7-3-2-4-8-16/h5-6,9-10,15-16,18H,2-4,7-8,11-14H2,1H3,(H,23,26). The summed E-state index contributed by atoms with van der Waals surface area (Å²) in [4.78, 5) is 27.4. The van der Waals surface area contributed by atoms with Crippen molar-refractivity contribution in [3.05, 3.63) is 36.0 Å². The molecule has 4 rings (SSSR count). The molecule has 1 saturated heterocycles. The SMILES string of the molecule is Cn1c(C(=O)N2CCC(NC(=O)C3CCCCC3)CC2)cc2ccccc21. The van der Waals surface area contributed by atoms with Gasteiger partial charge in [-0.05, 0) is 37.8 Å². The number of benzene rings is 1. The zero-order valence-corrected chi connectivity index (χ0v) is 16.1. The van der Waals surface area contributed by atoms with Crippen LogP contribution in [0.2, 0.25) is 0 Å². The predicted octanol–water partition coefficient (Wildman–Crippen LogP) is 3.48. The van der Waals surface area contributed by atoms with Crippen LogP contribution < -0.4 is 5.32 Å². The van der Waals surface area contributed by atoms with Crippen LogP contribution in [0.3, 0.4) is 0 Å². The Bertz CT molecular complexity index is 827. The number of amides is 2. The number of hydrogen-bond acceptors (Lipinski definition) is 2. The van der Waals surface area contributed by atoms with E-state index in [2.05, 4.69) is 5.32 Å². The van der Waals surface area contributed by atoms with Crippen molar-refractivity contribution < 1.29 is 9.59 Å². The van der Waals surface area contributed by atoms with Crippen LogP contribution in [-0.2, 0) is 11.8 Å². The second kappa shape index (κ2) is 7.75. The Balaban J connectivity index is 1.35. The molecule has 1 aromatic carbocycles. The molecule has 2 amide bonds. The van der Waals surface area contributed by atoms with Gasteiger partial charge in [-0.2, -0.15) is 0 Å². The van der Waals surface area contributed by atoms with Gasteiger partial charge < -0.3 is 14.8 Å². The third-order valence-electron chi connectivity index (χ3n) is 6.28.